The van der Waals surface area contributed by atoms with Gasteiger partial charge in [-0.15, -0.1) is 0 Å². The summed E-state index contributed by atoms with van der Waals surface area (Å²) >= 11 is 6.08. The van der Waals surface area contributed by atoms with Crippen molar-refractivity contribution in [2.45, 2.75) is 24.8 Å². The van der Waals surface area contributed by atoms with Crippen LogP contribution in [0, 0.1) is 6.92 Å². The van der Waals surface area contributed by atoms with E-state index in [-0.39, 0.29) is 10.9 Å². The lowest BCUT2D eigenvalue weighted by molar-refractivity contribution is 0.192. The number of benzene rings is 3. The number of aryl methyl sites for hydroxylation is 1. The fourth-order valence-electron chi connectivity index (χ4n) is 3.76. The second-order valence-corrected chi connectivity index (χ2v) is 9.93. The molecule has 1 N–H and O–H groups in total. The van der Waals surface area contributed by atoms with Gasteiger partial charge in [0.2, 0.25) is 0 Å². The molecule has 1 fully saturated rings. The molecule has 8 heteroatoms. The van der Waals surface area contributed by atoms with Gasteiger partial charge in [-0.25, -0.2) is 13.2 Å². The molecule has 4 rings (SSSR count). The molecule has 0 unspecified atom stereocenters. The Morgan fingerprint density at radius 1 is 0.969 bits per heavy atom. The zero-order chi connectivity index (χ0) is 22.7. The van der Waals surface area contributed by atoms with Gasteiger partial charge in [-0.3, -0.25) is 9.62 Å². The molecule has 0 aliphatic carbocycles. The van der Waals surface area contributed by atoms with Gasteiger partial charge in [-0.05, 0) is 66.9 Å². The number of amides is 2. The number of anilines is 2. The van der Waals surface area contributed by atoms with Gasteiger partial charge in [0.1, 0.15) is 0 Å². The van der Waals surface area contributed by atoms with Crippen LogP contribution in [-0.2, 0) is 16.6 Å². The van der Waals surface area contributed by atoms with Crippen LogP contribution in [0.25, 0.3) is 0 Å². The third-order valence-corrected chi connectivity index (χ3v) is 6.90. The van der Waals surface area contributed by atoms with Crippen molar-refractivity contribution in [1.29, 1.82) is 0 Å². The second-order valence-electron chi connectivity index (χ2n) is 7.81. The highest BCUT2D eigenvalue weighted by atomic mass is 35.5. The van der Waals surface area contributed by atoms with Crippen molar-refractivity contribution in [3.05, 3.63) is 88.9 Å². The molecule has 32 heavy (non-hydrogen) atoms. The Morgan fingerprint density at radius 2 is 1.75 bits per heavy atom. The van der Waals surface area contributed by atoms with Gasteiger partial charge in [-0.2, -0.15) is 0 Å². The molecule has 0 radical (unpaired) electrons. The van der Waals surface area contributed by atoms with Gasteiger partial charge in [0.25, 0.3) is 10.0 Å². The molecule has 2 amide bonds. The van der Waals surface area contributed by atoms with Crippen LogP contribution < -0.4 is 9.62 Å². The smallest absolute Gasteiger partial charge is 0.320 e. The summed E-state index contributed by atoms with van der Waals surface area (Å²) in [5, 5.41) is 0.636. The number of sulfonamides is 1. The summed E-state index contributed by atoms with van der Waals surface area (Å²) in [6.45, 7) is 3.53. The molecule has 6 nitrogen and oxygen atoms in total. The minimum atomic E-state index is -3.73. The topological polar surface area (TPSA) is 69.7 Å². The number of hydrogen-bond acceptors (Lipinski definition) is 3. The number of nitrogens with zero attached hydrogens (tertiary/aromatic N) is 2. The molecule has 0 atom stereocenters. The van der Waals surface area contributed by atoms with Gasteiger partial charge in [0.05, 0.1) is 10.6 Å². The highest BCUT2D eigenvalue weighted by Crippen LogP contribution is 2.26. The third kappa shape index (κ3) is 5.06. The first kappa shape index (κ1) is 22.2. The normalized spacial score (nSPS) is 14.5. The highest BCUT2D eigenvalue weighted by Gasteiger charge is 2.27. The molecular weight excluding hydrogens is 446 g/mol. The van der Waals surface area contributed by atoms with Crippen LogP contribution in [0.2, 0.25) is 5.02 Å². The van der Waals surface area contributed by atoms with Crippen molar-refractivity contribution in [2.24, 2.45) is 0 Å². The van der Waals surface area contributed by atoms with Crippen molar-refractivity contribution in [3.8, 4) is 0 Å². The molecule has 0 aromatic heterocycles. The van der Waals surface area contributed by atoms with Crippen molar-refractivity contribution < 1.29 is 13.2 Å². The van der Waals surface area contributed by atoms with Gasteiger partial charge >= 0.3 is 6.03 Å². The van der Waals surface area contributed by atoms with E-state index in [1.807, 2.05) is 37.3 Å². The molecule has 1 aliphatic heterocycles. The van der Waals surface area contributed by atoms with Gasteiger partial charge in [0, 0.05) is 30.3 Å². The van der Waals surface area contributed by atoms with Crippen LogP contribution >= 0.6 is 11.6 Å². The van der Waals surface area contributed by atoms with Crippen molar-refractivity contribution in [2.75, 3.05) is 22.7 Å². The monoisotopic (exact) mass is 469 g/mol. The van der Waals surface area contributed by atoms with E-state index in [2.05, 4.69) is 4.72 Å². The summed E-state index contributed by atoms with van der Waals surface area (Å²) in [7, 11) is -3.73. The fourth-order valence-corrected chi connectivity index (χ4v) is 5.12. The fraction of sp³-hybridized carbons (Fsp3) is 0.208. The van der Waals surface area contributed by atoms with E-state index in [9.17, 15) is 13.2 Å². The Hall–Kier alpha value is -3.03. The van der Waals surface area contributed by atoms with Crippen molar-refractivity contribution in [3.63, 3.8) is 0 Å². The lowest BCUT2D eigenvalue weighted by Gasteiger charge is -2.36. The molecule has 1 aliphatic rings. The number of rotatable bonds is 6. The van der Waals surface area contributed by atoms with E-state index in [4.69, 9.17) is 11.6 Å². The molecule has 0 spiro atoms. The Morgan fingerprint density at radius 3 is 2.53 bits per heavy atom. The quantitative estimate of drug-likeness (QED) is 0.533. The Kier molecular flexibility index (Phi) is 6.39. The van der Waals surface area contributed by atoms with Crippen LogP contribution in [0.15, 0.2) is 77.7 Å². The lowest BCUT2D eigenvalue weighted by atomic mass is 10.1. The average Bonchev–Trinajstić information content (AvgIpc) is 2.75. The predicted molar refractivity (Wildman–Crippen MR) is 128 cm³/mol. The van der Waals surface area contributed by atoms with Crippen molar-refractivity contribution in [1.82, 2.24) is 4.90 Å². The Balaban J connectivity index is 1.52. The molecule has 1 saturated heterocycles. The summed E-state index contributed by atoms with van der Waals surface area (Å²) in [5.41, 5.74) is 2.88. The van der Waals surface area contributed by atoms with Crippen LogP contribution in [0.4, 0.5) is 16.2 Å². The van der Waals surface area contributed by atoms with Crippen LogP contribution in [0.5, 0.6) is 0 Å². The summed E-state index contributed by atoms with van der Waals surface area (Å²) < 4.78 is 28.2. The Bertz CT molecular complexity index is 1250. The first-order valence-electron chi connectivity index (χ1n) is 10.3. The lowest BCUT2D eigenvalue weighted by Crippen LogP contribution is -2.49. The zero-order valence-electron chi connectivity index (χ0n) is 17.7. The molecule has 3 aromatic rings. The van der Waals surface area contributed by atoms with E-state index < -0.39 is 10.0 Å². The van der Waals surface area contributed by atoms with Crippen LogP contribution in [-0.4, -0.2) is 32.4 Å². The van der Waals surface area contributed by atoms with Gasteiger partial charge in [0.15, 0.2) is 0 Å². The zero-order valence-corrected chi connectivity index (χ0v) is 19.2. The predicted octanol–water partition coefficient (Wildman–Crippen LogP) is 5.28. The molecular formula is C24H24ClN3O3S. The largest absolute Gasteiger partial charge is 0.324 e. The number of carbonyl (C=O) groups is 1. The SMILES string of the molecule is Cc1cccc(S(=O)(=O)Nc2cccc(N3CCCN(Cc4cccc(Cl)c4)C3=O)c2)c1. The molecule has 3 aromatic carbocycles. The number of carbonyl (C=O) groups excluding carboxylic acids is 1. The first-order valence-corrected chi connectivity index (χ1v) is 12.2. The number of urea groups is 1. The van der Waals surface area contributed by atoms with Gasteiger partial charge in [-0.1, -0.05) is 41.9 Å². The van der Waals surface area contributed by atoms with Crippen molar-refractivity contribution >= 4 is 39.0 Å². The second kappa shape index (κ2) is 9.22. The number of halogens is 1. The standard InChI is InChI=1S/C24H24ClN3O3S/c1-18-6-2-11-23(14-18)32(30,31)26-21-9-4-10-22(16-21)28-13-5-12-27(24(28)29)17-19-7-3-8-20(25)15-19/h2-4,6-11,14-16,26H,5,12-13,17H2,1H3. The maximum Gasteiger partial charge on any atom is 0.324 e. The minimum absolute atomic E-state index is 0.116. The van der Waals surface area contributed by atoms with E-state index in [1.54, 1.807) is 52.3 Å². The third-order valence-electron chi connectivity index (χ3n) is 5.28. The summed E-state index contributed by atoms with van der Waals surface area (Å²) in [4.78, 5) is 16.8. The van der Waals surface area contributed by atoms with Crippen LogP contribution in [0.3, 0.4) is 0 Å². The Labute approximate surface area is 193 Å². The maximum atomic E-state index is 13.2. The molecule has 0 bridgehead atoms. The average molecular weight is 470 g/mol. The van der Waals surface area contributed by atoms with E-state index >= 15 is 0 Å². The minimum Gasteiger partial charge on any atom is -0.320 e. The van der Waals surface area contributed by atoms with E-state index in [1.165, 1.54) is 0 Å². The van der Waals surface area contributed by atoms with E-state index in [0.29, 0.717) is 36.0 Å². The summed E-state index contributed by atoms with van der Waals surface area (Å²) in [5.74, 6) is 0. The maximum absolute atomic E-state index is 13.2. The number of hydrogen-bond donors (Lipinski definition) is 1. The molecule has 166 valence electrons. The summed E-state index contributed by atoms with van der Waals surface area (Å²) in [6, 6.07) is 21.0. The summed E-state index contributed by atoms with van der Waals surface area (Å²) in [6.07, 6.45) is 0.811. The first-order chi connectivity index (χ1) is 15.3. The molecule has 1 heterocycles. The molecule has 0 saturated carbocycles. The number of nitrogens with one attached hydrogen (secondary N) is 1. The highest BCUT2D eigenvalue weighted by molar-refractivity contribution is 7.92. The van der Waals surface area contributed by atoms with Crippen LogP contribution in [0.1, 0.15) is 17.5 Å². The van der Waals surface area contributed by atoms with Gasteiger partial charge < -0.3 is 4.90 Å². The van der Waals surface area contributed by atoms with E-state index in [0.717, 1.165) is 17.5 Å².